The van der Waals surface area contributed by atoms with Gasteiger partial charge in [0.1, 0.15) is 0 Å². The molecule has 0 radical (unpaired) electrons. The van der Waals surface area contributed by atoms with Gasteiger partial charge in [0.25, 0.3) is 0 Å². The van der Waals surface area contributed by atoms with Crippen LogP contribution < -0.4 is 5.73 Å². The number of H-pyrrole nitrogens is 1. The standard InChI is InChI=1S/C11H19N5/c1-4-5-16-9(6-13-11(16)12)10-7(2)14-15-8(10)3/h9H,4-6H2,1-3H3,(H2,12,13)(H,14,15). The molecule has 1 atom stereocenters. The SMILES string of the molecule is CCCN1C(N)=NCC1c1c(C)n[nH]c1C. The third kappa shape index (κ3) is 1.66. The minimum atomic E-state index is 0.263. The molecule has 0 aliphatic carbocycles. The largest absolute Gasteiger partial charge is 0.370 e. The van der Waals surface area contributed by atoms with E-state index in [0.29, 0.717) is 5.96 Å². The minimum absolute atomic E-state index is 0.263. The zero-order chi connectivity index (χ0) is 11.7. The third-order valence-corrected chi connectivity index (χ3v) is 3.08. The molecule has 5 nitrogen and oxygen atoms in total. The Morgan fingerprint density at radius 1 is 1.50 bits per heavy atom. The summed E-state index contributed by atoms with van der Waals surface area (Å²) < 4.78 is 0. The second kappa shape index (κ2) is 4.15. The molecule has 3 N–H and O–H groups in total. The molecule has 2 heterocycles. The third-order valence-electron chi connectivity index (χ3n) is 3.08. The molecule has 0 saturated carbocycles. The molecule has 1 aliphatic heterocycles. The van der Waals surface area contributed by atoms with Crippen molar-refractivity contribution in [1.82, 2.24) is 15.1 Å². The number of nitrogens with one attached hydrogen (secondary N) is 1. The highest BCUT2D eigenvalue weighted by Crippen LogP contribution is 2.29. The van der Waals surface area contributed by atoms with Crippen LogP contribution in [0.1, 0.15) is 36.3 Å². The average molecular weight is 221 g/mol. The maximum absolute atomic E-state index is 5.91. The van der Waals surface area contributed by atoms with Crippen LogP contribution >= 0.6 is 0 Å². The zero-order valence-electron chi connectivity index (χ0n) is 10.1. The molecule has 5 heteroatoms. The van der Waals surface area contributed by atoms with Gasteiger partial charge in [-0.05, 0) is 20.3 Å². The number of hydrogen-bond donors (Lipinski definition) is 2. The highest BCUT2D eigenvalue weighted by atomic mass is 15.3. The van der Waals surface area contributed by atoms with Crippen LogP contribution in [0, 0.1) is 13.8 Å². The van der Waals surface area contributed by atoms with E-state index >= 15 is 0 Å². The van der Waals surface area contributed by atoms with E-state index in [0.717, 1.165) is 30.9 Å². The van der Waals surface area contributed by atoms with Gasteiger partial charge in [0.05, 0.1) is 18.3 Å². The van der Waals surface area contributed by atoms with Gasteiger partial charge in [-0.3, -0.25) is 10.1 Å². The number of aromatic nitrogens is 2. The summed E-state index contributed by atoms with van der Waals surface area (Å²) in [7, 11) is 0. The van der Waals surface area contributed by atoms with Crippen LogP contribution in [0.25, 0.3) is 0 Å². The van der Waals surface area contributed by atoms with Crippen LogP contribution in [0.15, 0.2) is 4.99 Å². The first kappa shape index (κ1) is 11.0. The van der Waals surface area contributed by atoms with E-state index in [-0.39, 0.29) is 6.04 Å². The van der Waals surface area contributed by atoms with Gasteiger partial charge in [0, 0.05) is 17.8 Å². The highest BCUT2D eigenvalue weighted by molar-refractivity contribution is 5.80. The Labute approximate surface area is 95.7 Å². The lowest BCUT2D eigenvalue weighted by Gasteiger charge is -2.26. The fourth-order valence-electron chi connectivity index (χ4n) is 2.34. The molecule has 1 aromatic rings. The molecule has 0 fully saturated rings. The molecular formula is C11H19N5. The van der Waals surface area contributed by atoms with E-state index in [4.69, 9.17) is 5.73 Å². The van der Waals surface area contributed by atoms with Crippen LogP contribution in [0.3, 0.4) is 0 Å². The predicted molar refractivity (Wildman–Crippen MR) is 64.3 cm³/mol. The normalized spacial score (nSPS) is 20.3. The number of hydrogen-bond acceptors (Lipinski definition) is 4. The van der Waals surface area contributed by atoms with Crippen molar-refractivity contribution >= 4 is 5.96 Å². The van der Waals surface area contributed by atoms with Crippen LogP contribution in [0.5, 0.6) is 0 Å². The molecule has 1 unspecified atom stereocenters. The molecule has 1 aliphatic rings. The number of aromatic amines is 1. The van der Waals surface area contributed by atoms with Gasteiger partial charge in [-0.2, -0.15) is 5.10 Å². The Morgan fingerprint density at radius 3 is 2.81 bits per heavy atom. The Kier molecular flexibility index (Phi) is 2.85. The van der Waals surface area contributed by atoms with Crippen molar-refractivity contribution in [2.45, 2.75) is 33.2 Å². The number of nitrogens with two attached hydrogens (primary N) is 1. The maximum Gasteiger partial charge on any atom is 0.191 e. The number of rotatable bonds is 3. The van der Waals surface area contributed by atoms with Gasteiger partial charge in [0.2, 0.25) is 0 Å². The molecule has 0 bridgehead atoms. The summed E-state index contributed by atoms with van der Waals surface area (Å²) in [6.07, 6.45) is 1.07. The summed E-state index contributed by atoms with van der Waals surface area (Å²) in [5.41, 5.74) is 9.32. The first-order valence-corrected chi connectivity index (χ1v) is 5.73. The van der Waals surface area contributed by atoms with Gasteiger partial charge < -0.3 is 10.6 Å². The molecular weight excluding hydrogens is 202 g/mol. The van der Waals surface area contributed by atoms with Crippen molar-refractivity contribution in [3.8, 4) is 0 Å². The van der Waals surface area contributed by atoms with Gasteiger partial charge >= 0.3 is 0 Å². The molecule has 0 amide bonds. The van der Waals surface area contributed by atoms with Crippen LogP contribution in [0.4, 0.5) is 0 Å². The Hall–Kier alpha value is -1.52. The summed E-state index contributed by atoms with van der Waals surface area (Å²) in [4.78, 5) is 6.51. The Balaban J connectivity index is 2.28. The van der Waals surface area contributed by atoms with E-state index in [1.165, 1.54) is 5.56 Å². The first-order chi connectivity index (χ1) is 7.65. The monoisotopic (exact) mass is 221 g/mol. The minimum Gasteiger partial charge on any atom is -0.370 e. The fourth-order valence-corrected chi connectivity index (χ4v) is 2.34. The van der Waals surface area contributed by atoms with Gasteiger partial charge in [-0.15, -0.1) is 0 Å². The highest BCUT2D eigenvalue weighted by Gasteiger charge is 2.30. The van der Waals surface area contributed by atoms with E-state index < -0.39 is 0 Å². The molecule has 88 valence electrons. The van der Waals surface area contributed by atoms with Crippen molar-refractivity contribution in [2.75, 3.05) is 13.1 Å². The lowest BCUT2D eigenvalue weighted by Crippen LogP contribution is -2.36. The maximum atomic E-state index is 5.91. The number of guanidine groups is 1. The molecule has 0 spiro atoms. The Bertz CT molecular complexity index is 387. The molecule has 0 aromatic carbocycles. The van der Waals surface area contributed by atoms with E-state index in [1.54, 1.807) is 0 Å². The van der Waals surface area contributed by atoms with Crippen molar-refractivity contribution in [3.63, 3.8) is 0 Å². The number of aliphatic imine (C=N–C) groups is 1. The van der Waals surface area contributed by atoms with Gasteiger partial charge in [-0.25, -0.2) is 0 Å². The molecule has 16 heavy (non-hydrogen) atoms. The van der Waals surface area contributed by atoms with Crippen molar-refractivity contribution in [3.05, 3.63) is 17.0 Å². The lowest BCUT2D eigenvalue weighted by atomic mass is 10.0. The smallest absolute Gasteiger partial charge is 0.191 e. The summed E-state index contributed by atoms with van der Waals surface area (Å²) in [6, 6.07) is 0.263. The number of aryl methyl sites for hydroxylation is 2. The number of nitrogens with zero attached hydrogens (tertiary/aromatic N) is 3. The molecule has 0 saturated heterocycles. The van der Waals surface area contributed by atoms with Crippen molar-refractivity contribution in [1.29, 1.82) is 0 Å². The summed E-state index contributed by atoms with van der Waals surface area (Å²) in [5.74, 6) is 0.659. The van der Waals surface area contributed by atoms with Crippen LogP contribution in [-0.2, 0) is 0 Å². The first-order valence-electron chi connectivity index (χ1n) is 5.73. The Morgan fingerprint density at radius 2 is 2.25 bits per heavy atom. The van der Waals surface area contributed by atoms with E-state index in [1.807, 2.05) is 13.8 Å². The fraction of sp³-hybridized carbons (Fsp3) is 0.636. The zero-order valence-corrected chi connectivity index (χ0v) is 10.1. The average Bonchev–Trinajstić information content (AvgIpc) is 2.74. The lowest BCUT2D eigenvalue weighted by molar-refractivity contribution is 0.345. The predicted octanol–water partition coefficient (Wildman–Crippen LogP) is 1.11. The van der Waals surface area contributed by atoms with Crippen molar-refractivity contribution in [2.24, 2.45) is 10.7 Å². The second-order valence-corrected chi connectivity index (χ2v) is 4.26. The molecule has 1 aromatic heterocycles. The van der Waals surface area contributed by atoms with Crippen LogP contribution in [0.2, 0.25) is 0 Å². The topological polar surface area (TPSA) is 70.3 Å². The summed E-state index contributed by atoms with van der Waals surface area (Å²) >= 11 is 0. The van der Waals surface area contributed by atoms with Gasteiger partial charge in [0.15, 0.2) is 5.96 Å². The van der Waals surface area contributed by atoms with Crippen LogP contribution in [-0.4, -0.2) is 34.1 Å². The van der Waals surface area contributed by atoms with E-state index in [2.05, 4.69) is 27.0 Å². The quantitative estimate of drug-likeness (QED) is 0.803. The molecule has 2 rings (SSSR count). The van der Waals surface area contributed by atoms with Gasteiger partial charge in [-0.1, -0.05) is 6.92 Å². The summed E-state index contributed by atoms with van der Waals surface area (Å²) in [6.45, 7) is 7.92. The second-order valence-electron chi connectivity index (χ2n) is 4.26. The van der Waals surface area contributed by atoms with Crippen molar-refractivity contribution < 1.29 is 0 Å². The van der Waals surface area contributed by atoms with E-state index in [9.17, 15) is 0 Å². The summed E-state index contributed by atoms with van der Waals surface area (Å²) in [5, 5.41) is 7.26.